The van der Waals surface area contributed by atoms with E-state index in [0.29, 0.717) is 18.9 Å². The van der Waals surface area contributed by atoms with E-state index >= 15 is 0 Å². The topological polar surface area (TPSA) is 66.3 Å². The molecule has 1 saturated heterocycles. The Morgan fingerprint density at radius 3 is 2.62 bits per heavy atom. The molecule has 0 amide bonds. The van der Waals surface area contributed by atoms with Crippen molar-refractivity contribution in [2.45, 2.75) is 19.4 Å². The number of carbonyl (C=O) groups is 1. The lowest BCUT2D eigenvalue weighted by atomic mass is 9.88. The lowest BCUT2D eigenvalue weighted by molar-refractivity contribution is -0.141. The minimum Gasteiger partial charge on any atom is -0.481 e. The normalized spacial score (nSPS) is 21.1. The maximum atomic E-state index is 14.1. The third kappa shape index (κ3) is 3.41. The van der Waals surface area contributed by atoms with Gasteiger partial charge in [-0.05, 0) is 24.1 Å². The summed E-state index contributed by atoms with van der Waals surface area (Å²) in [6.07, 6.45) is 3.40. The molecule has 1 N–H and O–H groups in total. The number of nitrogens with zero attached hydrogens (tertiary/aromatic N) is 3. The van der Waals surface area contributed by atoms with Gasteiger partial charge in [0.2, 0.25) is 0 Å². The zero-order valence-corrected chi connectivity index (χ0v) is 13.1. The number of carboxylic acid groups (broad SMARTS) is 1. The standard InChI is InChI=1S/C17H17F2N3O2/c1-10-5-20-16(21-6-10)9-22-7-13(14(8-22)17(23)24)12-3-2-11(18)4-15(12)19/h2-6,13-14H,7-9H2,1H3,(H,23,24)/t13-,14+/m1/s1. The van der Waals surface area contributed by atoms with Gasteiger partial charge in [0.05, 0.1) is 12.5 Å². The van der Waals surface area contributed by atoms with Crippen molar-refractivity contribution in [3.8, 4) is 0 Å². The molecule has 1 aliphatic heterocycles. The van der Waals surface area contributed by atoms with Gasteiger partial charge in [-0.3, -0.25) is 9.69 Å². The van der Waals surface area contributed by atoms with Gasteiger partial charge in [-0.1, -0.05) is 6.07 Å². The van der Waals surface area contributed by atoms with Gasteiger partial charge in [0.15, 0.2) is 0 Å². The molecule has 24 heavy (non-hydrogen) atoms. The molecule has 0 bridgehead atoms. The molecule has 0 aliphatic carbocycles. The zero-order chi connectivity index (χ0) is 17.3. The highest BCUT2D eigenvalue weighted by Crippen LogP contribution is 2.35. The minimum atomic E-state index is -0.990. The molecule has 2 atom stereocenters. The number of aryl methyl sites for hydroxylation is 1. The summed E-state index contributed by atoms with van der Waals surface area (Å²) in [7, 11) is 0. The van der Waals surface area contributed by atoms with Crippen molar-refractivity contribution in [1.29, 1.82) is 0 Å². The number of halogens is 2. The summed E-state index contributed by atoms with van der Waals surface area (Å²) in [6, 6.07) is 3.28. The Morgan fingerprint density at radius 2 is 2.00 bits per heavy atom. The van der Waals surface area contributed by atoms with Crippen LogP contribution in [0.3, 0.4) is 0 Å². The Bertz CT molecular complexity index is 752. The largest absolute Gasteiger partial charge is 0.481 e. The van der Waals surface area contributed by atoms with Crippen LogP contribution in [0, 0.1) is 24.5 Å². The summed E-state index contributed by atoms with van der Waals surface area (Å²) >= 11 is 0. The predicted octanol–water partition coefficient (Wildman–Crippen LogP) is 2.36. The highest BCUT2D eigenvalue weighted by atomic mass is 19.1. The molecule has 7 heteroatoms. The van der Waals surface area contributed by atoms with Crippen molar-refractivity contribution in [2.24, 2.45) is 5.92 Å². The van der Waals surface area contributed by atoms with E-state index in [1.54, 1.807) is 12.4 Å². The number of aromatic nitrogens is 2. The van der Waals surface area contributed by atoms with Crippen LogP contribution in [0.25, 0.3) is 0 Å². The first-order chi connectivity index (χ1) is 11.4. The molecule has 0 spiro atoms. The molecule has 3 rings (SSSR count). The Kier molecular flexibility index (Phi) is 4.53. The second-order valence-corrected chi connectivity index (χ2v) is 6.09. The van der Waals surface area contributed by atoms with Crippen LogP contribution in [0.4, 0.5) is 8.78 Å². The molecule has 1 aromatic heterocycles. The smallest absolute Gasteiger partial charge is 0.308 e. The molecule has 5 nitrogen and oxygen atoms in total. The number of benzene rings is 1. The van der Waals surface area contributed by atoms with Gasteiger partial charge in [-0.2, -0.15) is 0 Å². The first kappa shape index (κ1) is 16.4. The maximum absolute atomic E-state index is 14.1. The van der Waals surface area contributed by atoms with Crippen LogP contribution < -0.4 is 0 Å². The Labute approximate surface area is 138 Å². The molecule has 126 valence electrons. The average molecular weight is 333 g/mol. The van der Waals surface area contributed by atoms with Crippen LogP contribution in [-0.2, 0) is 11.3 Å². The molecule has 1 fully saturated rings. The highest BCUT2D eigenvalue weighted by Gasteiger charge is 2.39. The average Bonchev–Trinajstić information content (AvgIpc) is 2.93. The van der Waals surface area contributed by atoms with E-state index in [1.807, 2.05) is 11.8 Å². The van der Waals surface area contributed by atoms with Crippen LogP contribution >= 0.6 is 0 Å². The minimum absolute atomic E-state index is 0.233. The van der Waals surface area contributed by atoms with Crippen molar-refractivity contribution in [2.75, 3.05) is 13.1 Å². The van der Waals surface area contributed by atoms with Gasteiger partial charge in [0.25, 0.3) is 0 Å². The van der Waals surface area contributed by atoms with Crippen molar-refractivity contribution < 1.29 is 18.7 Å². The van der Waals surface area contributed by atoms with Crippen LogP contribution in [0.2, 0.25) is 0 Å². The van der Waals surface area contributed by atoms with E-state index in [-0.39, 0.29) is 12.1 Å². The summed E-state index contributed by atoms with van der Waals surface area (Å²) in [5, 5.41) is 9.46. The fourth-order valence-electron chi connectivity index (χ4n) is 3.08. The maximum Gasteiger partial charge on any atom is 0.308 e. The van der Waals surface area contributed by atoms with E-state index in [2.05, 4.69) is 9.97 Å². The van der Waals surface area contributed by atoms with Gasteiger partial charge in [-0.15, -0.1) is 0 Å². The molecular formula is C17H17F2N3O2. The second-order valence-electron chi connectivity index (χ2n) is 6.09. The lowest BCUT2D eigenvalue weighted by Gasteiger charge is -2.16. The van der Waals surface area contributed by atoms with Gasteiger partial charge < -0.3 is 5.11 Å². The molecule has 0 radical (unpaired) electrons. The van der Waals surface area contributed by atoms with Crippen molar-refractivity contribution in [1.82, 2.24) is 14.9 Å². The van der Waals surface area contributed by atoms with Crippen LogP contribution in [0.5, 0.6) is 0 Å². The Balaban J connectivity index is 1.81. The number of carboxylic acids is 1. The second kappa shape index (κ2) is 6.60. The summed E-state index contributed by atoms with van der Waals surface area (Å²) in [6.45, 7) is 2.90. The zero-order valence-electron chi connectivity index (χ0n) is 13.1. The third-order valence-electron chi connectivity index (χ3n) is 4.27. The molecule has 2 aromatic rings. The fraction of sp³-hybridized carbons (Fsp3) is 0.353. The van der Waals surface area contributed by atoms with Gasteiger partial charge in [0, 0.05) is 37.5 Å². The molecule has 1 aromatic carbocycles. The first-order valence-electron chi connectivity index (χ1n) is 7.61. The number of likely N-dealkylation sites (tertiary alicyclic amines) is 1. The summed E-state index contributed by atoms with van der Waals surface area (Å²) in [5.41, 5.74) is 1.17. The van der Waals surface area contributed by atoms with Crippen molar-refractivity contribution in [3.05, 3.63) is 59.2 Å². The first-order valence-corrected chi connectivity index (χ1v) is 7.61. The number of hydrogen-bond donors (Lipinski definition) is 1. The third-order valence-corrected chi connectivity index (χ3v) is 4.27. The van der Waals surface area contributed by atoms with Crippen LogP contribution in [0.1, 0.15) is 22.9 Å². The monoisotopic (exact) mass is 333 g/mol. The van der Waals surface area contributed by atoms with Gasteiger partial charge >= 0.3 is 5.97 Å². The number of aliphatic carboxylic acids is 1. The van der Waals surface area contributed by atoms with E-state index in [1.165, 1.54) is 6.07 Å². The Morgan fingerprint density at radius 1 is 1.29 bits per heavy atom. The fourth-order valence-corrected chi connectivity index (χ4v) is 3.08. The summed E-state index contributed by atoms with van der Waals surface area (Å²) in [5.74, 6) is -3.07. The molecule has 0 unspecified atom stereocenters. The number of hydrogen-bond acceptors (Lipinski definition) is 4. The quantitative estimate of drug-likeness (QED) is 0.930. The van der Waals surface area contributed by atoms with Crippen molar-refractivity contribution >= 4 is 5.97 Å². The van der Waals surface area contributed by atoms with E-state index in [9.17, 15) is 18.7 Å². The predicted molar refractivity (Wildman–Crippen MR) is 82.3 cm³/mol. The lowest BCUT2D eigenvalue weighted by Crippen LogP contribution is -2.24. The Hall–Kier alpha value is -2.41. The molecule has 0 saturated carbocycles. The van der Waals surface area contributed by atoms with Gasteiger partial charge in [-0.25, -0.2) is 18.7 Å². The van der Waals surface area contributed by atoms with E-state index in [0.717, 1.165) is 17.7 Å². The molecule has 1 aliphatic rings. The van der Waals surface area contributed by atoms with E-state index in [4.69, 9.17) is 0 Å². The van der Waals surface area contributed by atoms with E-state index < -0.39 is 29.4 Å². The van der Waals surface area contributed by atoms with Crippen LogP contribution in [0.15, 0.2) is 30.6 Å². The highest BCUT2D eigenvalue weighted by molar-refractivity contribution is 5.72. The molecule has 2 heterocycles. The van der Waals surface area contributed by atoms with Crippen LogP contribution in [-0.4, -0.2) is 39.0 Å². The summed E-state index contributed by atoms with van der Waals surface area (Å²) in [4.78, 5) is 21.9. The SMILES string of the molecule is Cc1cnc(CN2C[C@H](C(=O)O)[C@@H](c3ccc(F)cc3F)C2)nc1. The van der Waals surface area contributed by atoms with Crippen molar-refractivity contribution in [3.63, 3.8) is 0 Å². The van der Waals surface area contributed by atoms with Gasteiger partial charge in [0.1, 0.15) is 17.5 Å². The summed E-state index contributed by atoms with van der Waals surface area (Å²) < 4.78 is 27.2. The molecular weight excluding hydrogens is 316 g/mol. The number of rotatable bonds is 4.